The molecule has 3 aliphatic rings. The first-order chi connectivity index (χ1) is 9.85. The van der Waals surface area contributed by atoms with Crippen LogP contribution in [0.25, 0.3) is 0 Å². The first-order valence-corrected chi connectivity index (χ1v) is 7.21. The molecule has 2 unspecified atom stereocenters. The topological polar surface area (TPSA) is 52.7 Å². The maximum absolute atomic E-state index is 13.4. The summed E-state index contributed by atoms with van der Waals surface area (Å²) in [6, 6.07) is -0.116. The maximum atomic E-state index is 13.4. The Balaban J connectivity index is 1.77. The molecule has 8 heteroatoms. The van der Waals surface area contributed by atoms with Gasteiger partial charge in [-0.05, 0) is 19.4 Å². The molecule has 3 aliphatic heterocycles. The highest BCUT2D eigenvalue weighted by atomic mass is 19.4. The molecule has 0 aliphatic carbocycles. The lowest BCUT2D eigenvalue weighted by atomic mass is 9.84. The number of hydrogen-bond donors (Lipinski definition) is 1. The third kappa shape index (κ3) is 2.20. The van der Waals surface area contributed by atoms with E-state index >= 15 is 0 Å². The number of amides is 2. The van der Waals surface area contributed by atoms with E-state index in [-0.39, 0.29) is 44.5 Å². The van der Waals surface area contributed by atoms with Crippen LogP contribution in [0.1, 0.15) is 19.3 Å². The SMILES string of the molecule is O=C1CCC2CN(C(=O)C3(C(F)(F)F)CCNC3)CCN12. The predicted octanol–water partition coefficient (Wildman–Crippen LogP) is 0.362. The van der Waals surface area contributed by atoms with Crippen LogP contribution in [0.5, 0.6) is 0 Å². The van der Waals surface area contributed by atoms with E-state index in [1.807, 2.05) is 0 Å². The number of carbonyl (C=O) groups is 2. The van der Waals surface area contributed by atoms with Gasteiger partial charge in [-0.25, -0.2) is 0 Å². The van der Waals surface area contributed by atoms with E-state index in [1.165, 1.54) is 4.90 Å². The van der Waals surface area contributed by atoms with Gasteiger partial charge < -0.3 is 15.1 Å². The molecule has 0 aromatic rings. The van der Waals surface area contributed by atoms with Crippen LogP contribution in [0.3, 0.4) is 0 Å². The fourth-order valence-electron chi connectivity index (χ4n) is 3.59. The lowest BCUT2D eigenvalue weighted by Gasteiger charge is -2.41. The summed E-state index contributed by atoms with van der Waals surface area (Å²) in [5, 5.41) is 2.66. The first kappa shape index (κ1) is 14.6. The average molecular weight is 305 g/mol. The van der Waals surface area contributed by atoms with Gasteiger partial charge >= 0.3 is 6.18 Å². The highest BCUT2D eigenvalue weighted by molar-refractivity contribution is 5.85. The minimum absolute atomic E-state index is 0.0418. The fraction of sp³-hybridized carbons (Fsp3) is 0.846. The molecular formula is C13H18F3N3O2. The summed E-state index contributed by atoms with van der Waals surface area (Å²) in [6.07, 6.45) is -3.70. The van der Waals surface area contributed by atoms with Crippen molar-refractivity contribution in [2.24, 2.45) is 5.41 Å². The molecule has 3 saturated heterocycles. The summed E-state index contributed by atoms with van der Waals surface area (Å²) >= 11 is 0. The number of fused-ring (bicyclic) bond motifs is 1. The van der Waals surface area contributed by atoms with Gasteiger partial charge in [0.1, 0.15) is 0 Å². The standard InChI is InChI=1S/C13H18F3N3O2/c14-13(15,16)12(3-4-17-8-12)11(21)18-5-6-19-9(7-18)1-2-10(19)20/h9,17H,1-8H2. The molecule has 5 nitrogen and oxygen atoms in total. The van der Waals surface area contributed by atoms with Crippen LogP contribution >= 0.6 is 0 Å². The zero-order valence-corrected chi connectivity index (χ0v) is 11.6. The Labute approximate surface area is 120 Å². The molecule has 3 heterocycles. The van der Waals surface area contributed by atoms with E-state index in [9.17, 15) is 22.8 Å². The van der Waals surface area contributed by atoms with Crippen molar-refractivity contribution in [3.05, 3.63) is 0 Å². The molecule has 3 rings (SSSR count). The lowest BCUT2D eigenvalue weighted by molar-refractivity contribution is -0.222. The van der Waals surface area contributed by atoms with Crippen molar-refractivity contribution in [2.45, 2.75) is 31.5 Å². The summed E-state index contributed by atoms with van der Waals surface area (Å²) in [5.41, 5.74) is -2.29. The maximum Gasteiger partial charge on any atom is 0.404 e. The van der Waals surface area contributed by atoms with E-state index in [4.69, 9.17) is 0 Å². The summed E-state index contributed by atoms with van der Waals surface area (Å²) in [7, 11) is 0. The molecule has 0 spiro atoms. The number of hydrogen-bond acceptors (Lipinski definition) is 3. The van der Waals surface area contributed by atoms with Crippen molar-refractivity contribution in [1.29, 1.82) is 0 Å². The quantitative estimate of drug-likeness (QED) is 0.761. The third-order valence-corrected chi connectivity index (χ3v) is 4.89. The summed E-state index contributed by atoms with van der Waals surface area (Å²) in [5.74, 6) is -0.792. The molecular weight excluding hydrogens is 287 g/mol. The van der Waals surface area contributed by atoms with E-state index < -0.39 is 17.5 Å². The molecule has 0 aromatic heterocycles. The highest BCUT2D eigenvalue weighted by Crippen LogP contribution is 2.44. The van der Waals surface area contributed by atoms with Crippen molar-refractivity contribution >= 4 is 11.8 Å². The Morgan fingerprint density at radius 2 is 2.10 bits per heavy atom. The number of rotatable bonds is 1. The smallest absolute Gasteiger partial charge is 0.338 e. The number of alkyl halides is 3. The molecule has 0 saturated carbocycles. The van der Waals surface area contributed by atoms with Crippen LogP contribution in [0, 0.1) is 5.41 Å². The van der Waals surface area contributed by atoms with Crippen LogP contribution in [-0.2, 0) is 9.59 Å². The molecule has 118 valence electrons. The van der Waals surface area contributed by atoms with Gasteiger partial charge in [0, 0.05) is 38.6 Å². The number of carbonyl (C=O) groups excluding carboxylic acids is 2. The van der Waals surface area contributed by atoms with E-state index in [0.717, 1.165) is 0 Å². The monoisotopic (exact) mass is 305 g/mol. The van der Waals surface area contributed by atoms with Crippen LogP contribution in [-0.4, -0.2) is 66.6 Å². The van der Waals surface area contributed by atoms with Crippen molar-refractivity contribution in [3.8, 4) is 0 Å². The van der Waals surface area contributed by atoms with Gasteiger partial charge in [0.15, 0.2) is 5.41 Å². The van der Waals surface area contributed by atoms with Gasteiger partial charge in [0.25, 0.3) is 0 Å². The first-order valence-electron chi connectivity index (χ1n) is 7.21. The number of piperazine rings is 1. The third-order valence-electron chi connectivity index (χ3n) is 4.89. The van der Waals surface area contributed by atoms with Gasteiger partial charge in [-0.2, -0.15) is 13.2 Å². The molecule has 0 bridgehead atoms. The summed E-state index contributed by atoms with van der Waals surface area (Å²) in [4.78, 5) is 27.1. The Morgan fingerprint density at radius 3 is 2.71 bits per heavy atom. The van der Waals surface area contributed by atoms with Crippen molar-refractivity contribution in [1.82, 2.24) is 15.1 Å². The second-order valence-electron chi connectivity index (χ2n) is 6.04. The Morgan fingerprint density at radius 1 is 1.33 bits per heavy atom. The van der Waals surface area contributed by atoms with Crippen LogP contribution in [0.2, 0.25) is 0 Å². The second-order valence-corrected chi connectivity index (χ2v) is 6.04. The molecule has 21 heavy (non-hydrogen) atoms. The summed E-state index contributed by atoms with van der Waals surface area (Å²) < 4.78 is 40.2. The molecule has 1 N–H and O–H groups in total. The fourth-order valence-corrected chi connectivity index (χ4v) is 3.59. The number of nitrogens with one attached hydrogen (secondary N) is 1. The zero-order valence-electron chi connectivity index (χ0n) is 11.6. The van der Waals surface area contributed by atoms with E-state index in [1.54, 1.807) is 4.90 Å². The Hall–Kier alpha value is -1.31. The highest BCUT2D eigenvalue weighted by Gasteiger charge is 2.62. The molecule has 2 atom stereocenters. The van der Waals surface area contributed by atoms with Crippen LogP contribution < -0.4 is 5.32 Å². The largest absolute Gasteiger partial charge is 0.404 e. The molecule has 0 aromatic carbocycles. The van der Waals surface area contributed by atoms with Crippen molar-refractivity contribution in [3.63, 3.8) is 0 Å². The number of halogens is 3. The van der Waals surface area contributed by atoms with E-state index in [2.05, 4.69) is 5.32 Å². The van der Waals surface area contributed by atoms with E-state index in [0.29, 0.717) is 19.4 Å². The summed E-state index contributed by atoms with van der Waals surface area (Å²) in [6.45, 7) is 0.615. The minimum Gasteiger partial charge on any atom is -0.338 e. The average Bonchev–Trinajstić information content (AvgIpc) is 3.05. The molecule has 2 amide bonds. The second kappa shape index (κ2) is 4.86. The minimum atomic E-state index is -4.55. The van der Waals surface area contributed by atoms with Crippen molar-refractivity contribution in [2.75, 3.05) is 32.7 Å². The predicted molar refractivity (Wildman–Crippen MR) is 67.3 cm³/mol. The van der Waals surface area contributed by atoms with Gasteiger partial charge in [-0.15, -0.1) is 0 Å². The van der Waals surface area contributed by atoms with Gasteiger partial charge in [-0.1, -0.05) is 0 Å². The van der Waals surface area contributed by atoms with Gasteiger partial charge in [0.05, 0.1) is 0 Å². The number of nitrogens with zero attached hydrogens (tertiary/aromatic N) is 2. The van der Waals surface area contributed by atoms with Crippen LogP contribution in [0.15, 0.2) is 0 Å². The van der Waals surface area contributed by atoms with Gasteiger partial charge in [-0.3, -0.25) is 9.59 Å². The Kier molecular flexibility index (Phi) is 3.38. The Bertz CT molecular complexity index is 460. The molecule has 3 fully saturated rings. The molecule has 0 radical (unpaired) electrons. The van der Waals surface area contributed by atoms with Crippen molar-refractivity contribution < 1.29 is 22.8 Å². The normalized spacial score (nSPS) is 33.5. The zero-order chi connectivity index (χ0) is 15.3. The van der Waals surface area contributed by atoms with Crippen LogP contribution in [0.4, 0.5) is 13.2 Å². The van der Waals surface area contributed by atoms with Gasteiger partial charge in [0.2, 0.25) is 11.8 Å². The lowest BCUT2D eigenvalue weighted by Crippen LogP contribution is -2.60.